The minimum absolute atomic E-state index is 0.116. The van der Waals surface area contributed by atoms with Crippen LogP contribution in [0.3, 0.4) is 0 Å². The van der Waals surface area contributed by atoms with Crippen LogP contribution in [0.4, 0.5) is 5.95 Å². The van der Waals surface area contributed by atoms with Gasteiger partial charge in [0, 0.05) is 23.5 Å². The summed E-state index contributed by atoms with van der Waals surface area (Å²) in [5, 5.41) is 0. The molecule has 2 heterocycles. The zero-order chi connectivity index (χ0) is 14.8. The number of anilines is 1. The predicted octanol–water partition coefficient (Wildman–Crippen LogP) is 1.84. The Kier molecular flexibility index (Phi) is 3.35. The first kappa shape index (κ1) is 13.2. The van der Waals surface area contributed by atoms with Crippen molar-refractivity contribution in [1.82, 2.24) is 15.0 Å². The molecule has 0 saturated heterocycles. The van der Waals surface area contributed by atoms with E-state index in [0.717, 1.165) is 17.0 Å². The minimum atomic E-state index is -0.116. The second-order valence-corrected chi connectivity index (χ2v) is 4.68. The molecule has 2 aromatic rings. The monoisotopic (exact) mass is 284 g/mol. The van der Waals surface area contributed by atoms with E-state index in [9.17, 15) is 4.79 Å². The summed E-state index contributed by atoms with van der Waals surface area (Å²) < 4.78 is 6.90. The Morgan fingerprint density at radius 1 is 1.24 bits per heavy atom. The molecule has 108 valence electrons. The van der Waals surface area contributed by atoms with Crippen molar-refractivity contribution in [3.05, 3.63) is 51.9 Å². The van der Waals surface area contributed by atoms with E-state index < -0.39 is 0 Å². The summed E-state index contributed by atoms with van der Waals surface area (Å²) in [5.74, 6) is 1.30. The minimum Gasteiger partial charge on any atom is -0.494 e. The van der Waals surface area contributed by atoms with E-state index in [1.54, 1.807) is 13.1 Å². The number of hydrogen-bond acceptors (Lipinski definition) is 5. The van der Waals surface area contributed by atoms with E-state index in [-0.39, 0.29) is 5.56 Å². The molecule has 1 aliphatic heterocycles. The molecule has 0 unspecified atom stereocenters. The standard InChI is InChI=1S/C15H16N4O2/c1-3-21-12-6-4-11(5-7-12)13-9-19-14(20)8-10(2)16-15(19)18-17-13/h4-9,17H,3H2,1-2H3,(H,16,18). The summed E-state index contributed by atoms with van der Waals surface area (Å²) in [6, 6.07) is 9.16. The summed E-state index contributed by atoms with van der Waals surface area (Å²) in [4.78, 5) is 16.3. The van der Waals surface area contributed by atoms with Crippen LogP contribution in [0.5, 0.6) is 5.75 Å². The zero-order valence-corrected chi connectivity index (χ0v) is 11.9. The smallest absolute Gasteiger partial charge is 0.259 e. The van der Waals surface area contributed by atoms with Crippen molar-refractivity contribution in [2.24, 2.45) is 0 Å². The molecule has 1 aliphatic rings. The third-order valence-electron chi connectivity index (χ3n) is 3.12. The molecule has 0 amide bonds. The number of aryl methyl sites for hydroxylation is 1. The van der Waals surface area contributed by atoms with Crippen LogP contribution in [-0.2, 0) is 0 Å². The molecule has 0 spiro atoms. The Labute approximate surface area is 122 Å². The van der Waals surface area contributed by atoms with Crippen LogP contribution in [0, 0.1) is 6.92 Å². The molecule has 0 atom stereocenters. The van der Waals surface area contributed by atoms with Gasteiger partial charge in [0.05, 0.1) is 12.3 Å². The van der Waals surface area contributed by atoms with Gasteiger partial charge in [-0.3, -0.25) is 20.2 Å². The van der Waals surface area contributed by atoms with Gasteiger partial charge in [0.25, 0.3) is 5.56 Å². The van der Waals surface area contributed by atoms with Crippen LogP contribution in [0.1, 0.15) is 18.2 Å². The molecule has 2 N–H and O–H groups in total. The van der Waals surface area contributed by atoms with Crippen LogP contribution in [0.15, 0.2) is 35.1 Å². The van der Waals surface area contributed by atoms with Gasteiger partial charge >= 0.3 is 0 Å². The fraction of sp³-hybridized carbons (Fsp3) is 0.200. The molecule has 0 aliphatic carbocycles. The van der Waals surface area contributed by atoms with Crippen LogP contribution in [0.2, 0.25) is 0 Å². The Bertz CT molecular complexity index is 747. The fourth-order valence-corrected chi connectivity index (χ4v) is 2.15. The number of hydrogen-bond donors (Lipinski definition) is 2. The van der Waals surface area contributed by atoms with Gasteiger partial charge in [-0.2, -0.15) is 0 Å². The normalized spacial score (nSPS) is 12.8. The quantitative estimate of drug-likeness (QED) is 0.900. The lowest BCUT2D eigenvalue weighted by atomic mass is 10.1. The number of nitrogens with one attached hydrogen (secondary N) is 2. The number of rotatable bonds is 3. The summed E-state index contributed by atoms with van der Waals surface area (Å²) in [5.41, 5.74) is 8.28. The number of benzene rings is 1. The van der Waals surface area contributed by atoms with Crippen molar-refractivity contribution < 1.29 is 4.74 Å². The van der Waals surface area contributed by atoms with Crippen molar-refractivity contribution in [2.45, 2.75) is 13.8 Å². The van der Waals surface area contributed by atoms with Crippen molar-refractivity contribution >= 4 is 17.8 Å². The van der Waals surface area contributed by atoms with Crippen LogP contribution < -0.4 is 21.1 Å². The third-order valence-corrected chi connectivity index (χ3v) is 3.12. The number of nitrogens with zero attached hydrogens (tertiary/aromatic N) is 2. The first-order chi connectivity index (χ1) is 10.2. The SMILES string of the molecule is CCOc1ccc(C2=Cn3c(nc(C)cc3=O)NN2)cc1. The first-order valence-corrected chi connectivity index (χ1v) is 6.74. The summed E-state index contributed by atoms with van der Waals surface area (Å²) in [6.45, 7) is 4.37. The van der Waals surface area contributed by atoms with Crippen molar-refractivity contribution in [3.63, 3.8) is 0 Å². The third kappa shape index (κ3) is 2.60. The second-order valence-electron chi connectivity index (χ2n) is 4.68. The maximum atomic E-state index is 12.0. The van der Waals surface area contributed by atoms with Gasteiger partial charge in [-0.05, 0) is 38.1 Å². The topological polar surface area (TPSA) is 68.2 Å². The highest BCUT2D eigenvalue weighted by atomic mass is 16.5. The Balaban J connectivity index is 1.96. The molecular weight excluding hydrogens is 268 g/mol. The largest absolute Gasteiger partial charge is 0.494 e. The van der Waals surface area contributed by atoms with Gasteiger partial charge in [0.1, 0.15) is 5.75 Å². The molecule has 21 heavy (non-hydrogen) atoms. The first-order valence-electron chi connectivity index (χ1n) is 6.74. The Hall–Kier alpha value is -2.76. The molecule has 0 saturated carbocycles. The van der Waals surface area contributed by atoms with E-state index >= 15 is 0 Å². The lowest BCUT2D eigenvalue weighted by Gasteiger charge is -2.21. The zero-order valence-electron chi connectivity index (χ0n) is 11.9. The Morgan fingerprint density at radius 2 is 2.00 bits per heavy atom. The van der Waals surface area contributed by atoms with E-state index in [4.69, 9.17) is 4.74 Å². The van der Waals surface area contributed by atoms with E-state index in [1.807, 2.05) is 31.2 Å². The lowest BCUT2D eigenvalue weighted by Crippen LogP contribution is -2.32. The van der Waals surface area contributed by atoms with Gasteiger partial charge in [-0.15, -0.1) is 0 Å². The number of aromatic nitrogens is 2. The average molecular weight is 284 g/mol. The highest BCUT2D eigenvalue weighted by molar-refractivity contribution is 5.77. The maximum Gasteiger partial charge on any atom is 0.259 e. The average Bonchev–Trinajstić information content (AvgIpc) is 2.48. The summed E-state index contributed by atoms with van der Waals surface area (Å²) in [6.07, 6.45) is 1.73. The molecule has 3 rings (SSSR count). The van der Waals surface area contributed by atoms with Crippen LogP contribution in [0.25, 0.3) is 11.9 Å². The summed E-state index contributed by atoms with van der Waals surface area (Å²) in [7, 11) is 0. The van der Waals surface area contributed by atoms with Crippen molar-refractivity contribution in [1.29, 1.82) is 0 Å². The van der Waals surface area contributed by atoms with Gasteiger partial charge in [-0.1, -0.05) is 0 Å². The summed E-state index contributed by atoms with van der Waals surface area (Å²) >= 11 is 0. The Morgan fingerprint density at radius 3 is 2.71 bits per heavy atom. The van der Waals surface area contributed by atoms with Gasteiger partial charge < -0.3 is 4.74 Å². The second kappa shape index (κ2) is 5.32. The molecule has 0 fully saturated rings. The molecular formula is C15H16N4O2. The van der Waals surface area contributed by atoms with Crippen molar-refractivity contribution in [2.75, 3.05) is 12.0 Å². The van der Waals surface area contributed by atoms with Gasteiger partial charge in [0.15, 0.2) is 0 Å². The molecule has 0 radical (unpaired) electrons. The fourth-order valence-electron chi connectivity index (χ4n) is 2.15. The van der Waals surface area contributed by atoms with Gasteiger partial charge in [-0.25, -0.2) is 4.98 Å². The van der Waals surface area contributed by atoms with Crippen LogP contribution >= 0.6 is 0 Å². The molecule has 1 aromatic heterocycles. The number of fused-ring (bicyclic) bond motifs is 1. The van der Waals surface area contributed by atoms with Crippen molar-refractivity contribution in [3.8, 4) is 5.75 Å². The van der Waals surface area contributed by atoms with Crippen LogP contribution in [-0.4, -0.2) is 16.2 Å². The maximum absolute atomic E-state index is 12.0. The van der Waals surface area contributed by atoms with E-state index in [0.29, 0.717) is 18.2 Å². The lowest BCUT2D eigenvalue weighted by molar-refractivity contribution is 0.340. The highest BCUT2D eigenvalue weighted by Gasteiger charge is 2.13. The van der Waals surface area contributed by atoms with E-state index in [1.165, 1.54) is 10.6 Å². The highest BCUT2D eigenvalue weighted by Crippen LogP contribution is 2.20. The van der Waals surface area contributed by atoms with E-state index in [2.05, 4.69) is 15.8 Å². The molecule has 6 nitrogen and oxygen atoms in total. The number of ether oxygens (including phenoxy) is 1. The number of hydrazine groups is 1. The predicted molar refractivity (Wildman–Crippen MR) is 81.8 cm³/mol. The molecule has 6 heteroatoms. The van der Waals surface area contributed by atoms with Gasteiger partial charge in [0.2, 0.25) is 5.95 Å². The molecule has 0 bridgehead atoms. The molecule has 1 aromatic carbocycles.